The molecule has 1 saturated heterocycles. The minimum atomic E-state index is -0.231. The number of hydrogen-bond donors (Lipinski definition) is 0. The van der Waals surface area contributed by atoms with E-state index in [1.807, 2.05) is 6.07 Å². The Bertz CT molecular complexity index is 876. The molecule has 1 fully saturated rings. The molecule has 1 amide bonds. The smallest absolute Gasteiger partial charge is 0.258 e. The number of ether oxygens (including phenoxy) is 4. The van der Waals surface area contributed by atoms with Crippen molar-refractivity contribution in [3.8, 4) is 23.0 Å². The zero-order valence-electron chi connectivity index (χ0n) is 16.2. The van der Waals surface area contributed by atoms with Gasteiger partial charge in [-0.2, -0.15) is 0 Å². The van der Waals surface area contributed by atoms with E-state index in [0.717, 1.165) is 11.3 Å². The van der Waals surface area contributed by atoms with Crippen LogP contribution in [0, 0.1) is 0 Å². The number of carbonyl (C=O) groups excluding carboxylic acids is 1. The van der Waals surface area contributed by atoms with Crippen LogP contribution in [0.1, 0.15) is 21.3 Å². The van der Waals surface area contributed by atoms with Crippen LogP contribution in [-0.4, -0.2) is 51.5 Å². The summed E-state index contributed by atoms with van der Waals surface area (Å²) in [6, 6.07) is 8.66. The zero-order chi connectivity index (χ0) is 20.3. The van der Waals surface area contributed by atoms with Crippen molar-refractivity contribution in [2.45, 2.75) is 5.37 Å². The molecule has 0 aromatic heterocycles. The van der Waals surface area contributed by atoms with E-state index < -0.39 is 0 Å². The molecule has 0 aliphatic carbocycles. The highest BCUT2D eigenvalue weighted by atomic mass is 35.5. The second-order valence-corrected chi connectivity index (χ2v) is 7.64. The molecular formula is C20H22ClNO5S. The molecular weight excluding hydrogens is 402 g/mol. The van der Waals surface area contributed by atoms with Crippen LogP contribution in [0.25, 0.3) is 0 Å². The number of amides is 1. The number of methoxy groups -OCH3 is 4. The fourth-order valence-electron chi connectivity index (χ4n) is 3.18. The molecule has 2 aromatic rings. The Morgan fingerprint density at radius 2 is 1.61 bits per heavy atom. The van der Waals surface area contributed by atoms with Gasteiger partial charge in [0.2, 0.25) is 0 Å². The number of benzene rings is 2. The monoisotopic (exact) mass is 423 g/mol. The number of thioether (sulfide) groups is 1. The van der Waals surface area contributed by atoms with Gasteiger partial charge >= 0.3 is 0 Å². The maximum Gasteiger partial charge on any atom is 0.258 e. The van der Waals surface area contributed by atoms with Gasteiger partial charge in [-0.15, -0.1) is 11.8 Å². The average molecular weight is 424 g/mol. The Kier molecular flexibility index (Phi) is 6.46. The van der Waals surface area contributed by atoms with Crippen LogP contribution in [0.2, 0.25) is 5.02 Å². The second kappa shape index (κ2) is 8.84. The molecule has 0 spiro atoms. The van der Waals surface area contributed by atoms with Crippen molar-refractivity contribution >= 4 is 29.3 Å². The number of rotatable bonds is 6. The Hall–Kier alpha value is -2.25. The number of carbonyl (C=O) groups is 1. The highest BCUT2D eigenvalue weighted by Gasteiger charge is 2.35. The van der Waals surface area contributed by atoms with Crippen LogP contribution in [-0.2, 0) is 0 Å². The normalized spacial score (nSPS) is 16.0. The number of halogens is 1. The molecule has 6 nitrogen and oxygen atoms in total. The van der Waals surface area contributed by atoms with E-state index in [9.17, 15) is 4.79 Å². The van der Waals surface area contributed by atoms with Crippen molar-refractivity contribution in [2.75, 3.05) is 40.7 Å². The van der Waals surface area contributed by atoms with Crippen LogP contribution in [0.15, 0.2) is 30.3 Å². The first-order valence-corrected chi connectivity index (χ1v) is 10.0. The van der Waals surface area contributed by atoms with Gasteiger partial charge in [-0.3, -0.25) is 4.79 Å². The third-order valence-electron chi connectivity index (χ3n) is 4.55. The summed E-state index contributed by atoms with van der Waals surface area (Å²) in [5, 5.41) is 0.252. The molecule has 1 heterocycles. The molecule has 1 atom stereocenters. The summed E-state index contributed by atoms with van der Waals surface area (Å²) in [5.41, 5.74) is 1.28. The average Bonchev–Trinajstić information content (AvgIpc) is 3.21. The van der Waals surface area contributed by atoms with E-state index in [1.54, 1.807) is 62.3 Å². The van der Waals surface area contributed by atoms with E-state index in [0.29, 0.717) is 40.1 Å². The molecule has 8 heteroatoms. The van der Waals surface area contributed by atoms with Crippen LogP contribution >= 0.6 is 23.4 Å². The first kappa shape index (κ1) is 20.5. The number of nitrogens with zero attached hydrogens (tertiary/aromatic N) is 1. The fourth-order valence-corrected chi connectivity index (χ4v) is 4.63. The van der Waals surface area contributed by atoms with Crippen molar-refractivity contribution < 1.29 is 23.7 Å². The molecule has 0 saturated carbocycles. The van der Waals surface area contributed by atoms with Crippen molar-refractivity contribution in [3.63, 3.8) is 0 Å². The molecule has 150 valence electrons. The first-order chi connectivity index (χ1) is 13.5. The third kappa shape index (κ3) is 3.82. The lowest BCUT2D eigenvalue weighted by molar-refractivity contribution is 0.0755. The minimum absolute atomic E-state index is 0.147. The summed E-state index contributed by atoms with van der Waals surface area (Å²) in [6.07, 6.45) is 0. The Morgan fingerprint density at radius 3 is 2.25 bits per heavy atom. The van der Waals surface area contributed by atoms with E-state index in [1.165, 1.54) is 7.11 Å². The fraction of sp³-hybridized carbons (Fsp3) is 0.350. The maximum absolute atomic E-state index is 13.3. The van der Waals surface area contributed by atoms with Gasteiger partial charge in [0.25, 0.3) is 5.91 Å². The van der Waals surface area contributed by atoms with E-state index in [4.69, 9.17) is 30.5 Å². The lowest BCUT2D eigenvalue weighted by atomic mass is 10.1. The molecule has 0 bridgehead atoms. The molecule has 28 heavy (non-hydrogen) atoms. The summed E-state index contributed by atoms with van der Waals surface area (Å²) >= 11 is 7.78. The van der Waals surface area contributed by atoms with E-state index in [-0.39, 0.29) is 11.3 Å². The maximum atomic E-state index is 13.3. The van der Waals surface area contributed by atoms with E-state index in [2.05, 4.69) is 0 Å². The molecule has 0 N–H and O–H groups in total. The van der Waals surface area contributed by atoms with Crippen LogP contribution in [0.4, 0.5) is 0 Å². The van der Waals surface area contributed by atoms with Crippen LogP contribution < -0.4 is 18.9 Å². The molecule has 1 unspecified atom stereocenters. The van der Waals surface area contributed by atoms with Gasteiger partial charge in [-0.25, -0.2) is 0 Å². The highest BCUT2D eigenvalue weighted by molar-refractivity contribution is 7.99. The van der Waals surface area contributed by atoms with Gasteiger partial charge in [0, 0.05) is 29.0 Å². The minimum Gasteiger partial charge on any atom is -0.496 e. The largest absolute Gasteiger partial charge is 0.496 e. The third-order valence-corrected chi connectivity index (χ3v) is 6.02. The molecule has 0 radical (unpaired) electrons. The molecule has 1 aliphatic heterocycles. The predicted molar refractivity (Wildman–Crippen MR) is 110 cm³/mol. The van der Waals surface area contributed by atoms with Crippen LogP contribution in [0.5, 0.6) is 23.0 Å². The van der Waals surface area contributed by atoms with E-state index >= 15 is 0 Å². The standard InChI is InChI=1S/C20H22ClNO5S/c1-24-15-6-5-12(21)9-13(15)19(23)22-7-8-28-20(22)14-10-17(26-3)18(27-4)11-16(14)25-2/h5-6,9-11,20H,7-8H2,1-4H3. The lowest BCUT2D eigenvalue weighted by Gasteiger charge is -2.27. The molecule has 2 aromatic carbocycles. The van der Waals surface area contributed by atoms with Gasteiger partial charge in [0.1, 0.15) is 16.9 Å². The van der Waals surface area contributed by atoms with Gasteiger partial charge in [-0.1, -0.05) is 11.6 Å². The molecule has 1 aliphatic rings. The Labute approximate surface area is 173 Å². The molecule has 3 rings (SSSR count). The van der Waals surface area contributed by atoms with Crippen molar-refractivity contribution in [2.24, 2.45) is 0 Å². The highest BCUT2D eigenvalue weighted by Crippen LogP contribution is 2.46. The van der Waals surface area contributed by atoms with Gasteiger partial charge in [0.15, 0.2) is 11.5 Å². The SMILES string of the molecule is COc1cc(OC)c(C2SCCN2C(=O)c2cc(Cl)ccc2OC)cc1OC. The topological polar surface area (TPSA) is 57.2 Å². The quantitative estimate of drug-likeness (QED) is 0.691. The second-order valence-electron chi connectivity index (χ2n) is 6.02. The van der Waals surface area contributed by atoms with Crippen molar-refractivity contribution in [1.82, 2.24) is 4.90 Å². The summed E-state index contributed by atoms with van der Waals surface area (Å²) in [6.45, 7) is 0.599. The lowest BCUT2D eigenvalue weighted by Crippen LogP contribution is -2.31. The van der Waals surface area contributed by atoms with Gasteiger partial charge < -0.3 is 23.8 Å². The number of hydrogen-bond acceptors (Lipinski definition) is 6. The summed E-state index contributed by atoms with van der Waals surface area (Å²) in [7, 11) is 6.28. The Balaban J connectivity index is 2.02. The predicted octanol–water partition coefficient (Wildman–Crippen LogP) is 4.26. The Morgan fingerprint density at radius 1 is 0.964 bits per heavy atom. The van der Waals surface area contributed by atoms with Crippen LogP contribution in [0.3, 0.4) is 0 Å². The first-order valence-electron chi connectivity index (χ1n) is 8.60. The summed E-state index contributed by atoms with van der Waals surface area (Å²) < 4.78 is 21.7. The van der Waals surface area contributed by atoms with Gasteiger partial charge in [0.05, 0.1) is 34.0 Å². The van der Waals surface area contributed by atoms with Gasteiger partial charge in [-0.05, 0) is 24.3 Å². The van der Waals surface area contributed by atoms with Crippen molar-refractivity contribution in [3.05, 3.63) is 46.5 Å². The summed E-state index contributed by atoms with van der Waals surface area (Å²) in [5.74, 6) is 2.93. The van der Waals surface area contributed by atoms with Crippen molar-refractivity contribution in [1.29, 1.82) is 0 Å². The zero-order valence-corrected chi connectivity index (χ0v) is 17.7. The summed E-state index contributed by atoms with van der Waals surface area (Å²) in [4.78, 5) is 15.1.